The van der Waals surface area contributed by atoms with Gasteiger partial charge >= 0.3 is 11.7 Å². The summed E-state index contributed by atoms with van der Waals surface area (Å²) in [7, 11) is 0. The van der Waals surface area contributed by atoms with Gasteiger partial charge in [-0.1, -0.05) is 37.3 Å². The number of halogens is 1. The van der Waals surface area contributed by atoms with Crippen LogP contribution in [0.5, 0.6) is 0 Å². The molecule has 8 heteroatoms. The molecule has 0 amide bonds. The molecule has 7 nitrogen and oxygen atoms in total. The van der Waals surface area contributed by atoms with Crippen molar-refractivity contribution in [1.29, 1.82) is 0 Å². The molecule has 21 heavy (non-hydrogen) atoms. The minimum Gasteiger partial charge on any atom is -0.480 e. The Bertz CT molecular complexity index is 556. The molecule has 2 rings (SSSR count). The van der Waals surface area contributed by atoms with Crippen LogP contribution in [0, 0.1) is 10.1 Å². The van der Waals surface area contributed by atoms with Gasteiger partial charge in [-0.3, -0.25) is 10.1 Å². The van der Waals surface area contributed by atoms with E-state index >= 15 is 0 Å². The lowest BCUT2D eigenvalue weighted by molar-refractivity contribution is -0.384. The van der Waals surface area contributed by atoms with Crippen LogP contribution in [-0.4, -0.2) is 26.5 Å². The molecule has 1 aromatic rings. The van der Waals surface area contributed by atoms with Crippen molar-refractivity contribution in [2.75, 3.05) is 5.32 Å². The third-order valence-corrected chi connectivity index (χ3v) is 3.96. The van der Waals surface area contributed by atoms with Gasteiger partial charge in [0, 0.05) is 12.3 Å². The van der Waals surface area contributed by atoms with E-state index in [1.165, 1.54) is 12.3 Å². The number of nitrogens with one attached hydrogen (secondary N) is 1. The predicted molar refractivity (Wildman–Crippen MR) is 77.6 cm³/mol. The lowest BCUT2D eigenvalue weighted by Crippen LogP contribution is -2.46. The van der Waals surface area contributed by atoms with E-state index in [2.05, 4.69) is 10.3 Å². The van der Waals surface area contributed by atoms with Crippen LogP contribution < -0.4 is 5.32 Å². The van der Waals surface area contributed by atoms with Gasteiger partial charge in [0.1, 0.15) is 5.54 Å². The van der Waals surface area contributed by atoms with Gasteiger partial charge in [0.2, 0.25) is 5.82 Å². The minimum absolute atomic E-state index is 0.0475. The molecule has 1 aliphatic carbocycles. The highest BCUT2D eigenvalue weighted by Crippen LogP contribution is 2.34. The smallest absolute Gasteiger partial charge is 0.329 e. The molecule has 0 atom stereocenters. The largest absolute Gasteiger partial charge is 0.480 e. The first-order valence-electron chi connectivity index (χ1n) is 6.76. The molecule has 2 N–H and O–H groups in total. The number of rotatable bonds is 4. The topological polar surface area (TPSA) is 105 Å². The van der Waals surface area contributed by atoms with Gasteiger partial charge in [0.15, 0.2) is 0 Å². The number of carboxylic acids is 1. The van der Waals surface area contributed by atoms with Crippen molar-refractivity contribution in [3.8, 4) is 0 Å². The van der Waals surface area contributed by atoms with Crippen LogP contribution in [-0.2, 0) is 4.79 Å². The first-order chi connectivity index (χ1) is 9.94. The summed E-state index contributed by atoms with van der Waals surface area (Å²) in [6.45, 7) is 0. The van der Waals surface area contributed by atoms with Crippen molar-refractivity contribution in [2.45, 2.75) is 44.1 Å². The summed E-state index contributed by atoms with van der Waals surface area (Å²) in [4.78, 5) is 26.1. The number of carbonyl (C=O) groups is 1. The maximum absolute atomic E-state index is 11.7. The number of pyridine rings is 1. The van der Waals surface area contributed by atoms with Gasteiger partial charge in [-0.2, -0.15) is 0 Å². The molecule has 0 spiro atoms. The van der Waals surface area contributed by atoms with E-state index in [0.29, 0.717) is 12.8 Å². The van der Waals surface area contributed by atoms with E-state index < -0.39 is 16.4 Å². The van der Waals surface area contributed by atoms with Crippen LogP contribution in [0.15, 0.2) is 12.3 Å². The van der Waals surface area contributed by atoms with Crippen LogP contribution in [0.3, 0.4) is 0 Å². The average Bonchev–Trinajstić information content (AvgIpc) is 2.67. The monoisotopic (exact) mass is 313 g/mol. The van der Waals surface area contributed by atoms with Gasteiger partial charge in [0.05, 0.1) is 9.95 Å². The molecular weight excluding hydrogens is 298 g/mol. The van der Waals surface area contributed by atoms with Crippen LogP contribution in [0.2, 0.25) is 5.02 Å². The Hall–Kier alpha value is -1.89. The lowest BCUT2D eigenvalue weighted by Gasteiger charge is -2.29. The van der Waals surface area contributed by atoms with Crippen molar-refractivity contribution >= 4 is 29.1 Å². The van der Waals surface area contributed by atoms with E-state index in [1.807, 2.05) is 0 Å². The normalized spacial score (nSPS) is 17.8. The van der Waals surface area contributed by atoms with E-state index in [-0.39, 0.29) is 16.5 Å². The molecule has 1 fully saturated rings. The number of aliphatic carboxylic acids is 1. The molecule has 1 heterocycles. The molecule has 1 aromatic heterocycles. The third kappa shape index (κ3) is 3.41. The second-order valence-corrected chi connectivity index (χ2v) is 5.64. The molecule has 1 aliphatic rings. The maximum atomic E-state index is 11.7. The number of nitrogens with zero attached hydrogens (tertiary/aromatic N) is 2. The number of hydrogen-bond donors (Lipinski definition) is 2. The Morgan fingerprint density at radius 2 is 2.00 bits per heavy atom. The van der Waals surface area contributed by atoms with Gasteiger partial charge in [0.25, 0.3) is 0 Å². The first kappa shape index (κ1) is 15.5. The number of nitro groups is 1. The van der Waals surface area contributed by atoms with Crippen molar-refractivity contribution in [1.82, 2.24) is 4.98 Å². The van der Waals surface area contributed by atoms with E-state index in [1.54, 1.807) is 0 Å². The van der Waals surface area contributed by atoms with Crippen LogP contribution in [0.25, 0.3) is 0 Å². The molecule has 0 radical (unpaired) electrons. The summed E-state index contributed by atoms with van der Waals surface area (Å²) in [6, 6.07) is 1.17. The fraction of sp³-hybridized carbons (Fsp3) is 0.538. The van der Waals surface area contributed by atoms with Crippen LogP contribution in [0.4, 0.5) is 11.5 Å². The van der Waals surface area contributed by atoms with Crippen LogP contribution >= 0.6 is 11.6 Å². The standard InChI is InChI=1S/C13H16ClN3O4/c14-9-7-10(17(20)21)11(15-8-9)16-13(12(18)19)5-3-1-2-4-6-13/h7-8H,1-6H2,(H,15,16)(H,18,19). The van der Waals surface area contributed by atoms with Crippen molar-refractivity contribution in [2.24, 2.45) is 0 Å². The Labute approximate surface area is 126 Å². The summed E-state index contributed by atoms with van der Waals surface area (Å²) >= 11 is 5.72. The SMILES string of the molecule is O=C(O)C1(Nc2ncc(Cl)cc2[N+](=O)[O-])CCCCCC1. The van der Waals surface area contributed by atoms with Gasteiger partial charge < -0.3 is 10.4 Å². The fourth-order valence-electron chi connectivity index (χ4n) is 2.62. The number of hydrogen-bond acceptors (Lipinski definition) is 5. The van der Waals surface area contributed by atoms with E-state index in [4.69, 9.17) is 11.6 Å². The summed E-state index contributed by atoms with van der Waals surface area (Å²) in [5.41, 5.74) is -1.52. The molecule has 0 saturated heterocycles. The predicted octanol–water partition coefficient (Wildman–Crippen LogP) is 3.23. The maximum Gasteiger partial charge on any atom is 0.329 e. The Balaban J connectivity index is 2.37. The highest BCUT2D eigenvalue weighted by atomic mass is 35.5. The van der Waals surface area contributed by atoms with E-state index in [9.17, 15) is 20.0 Å². The van der Waals surface area contributed by atoms with E-state index in [0.717, 1.165) is 25.7 Å². The Morgan fingerprint density at radius 3 is 2.52 bits per heavy atom. The molecule has 0 bridgehead atoms. The summed E-state index contributed by atoms with van der Waals surface area (Å²) in [5, 5.41) is 23.6. The highest BCUT2D eigenvalue weighted by molar-refractivity contribution is 6.30. The fourth-order valence-corrected chi connectivity index (χ4v) is 2.77. The quantitative estimate of drug-likeness (QED) is 0.502. The van der Waals surface area contributed by atoms with Crippen LogP contribution in [0.1, 0.15) is 38.5 Å². The third-order valence-electron chi connectivity index (χ3n) is 3.76. The van der Waals surface area contributed by atoms with Gasteiger partial charge in [-0.15, -0.1) is 0 Å². The average molecular weight is 314 g/mol. The van der Waals surface area contributed by atoms with Crippen molar-refractivity contribution in [3.05, 3.63) is 27.4 Å². The molecule has 0 aromatic carbocycles. The zero-order valence-corrected chi connectivity index (χ0v) is 12.1. The zero-order valence-electron chi connectivity index (χ0n) is 11.3. The zero-order chi connectivity index (χ0) is 15.5. The number of anilines is 1. The first-order valence-corrected chi connectivity index (χ1v) is 7.14. The highest BCUT2D eigenvalue weighted by Gasteiger charge is 2.40. The van der Waals surface area contributed by atoms with Crippen molar-refractivity contribution in [3.63, 3.8) is 0 Å². The molecule has 114 valence electrons. The number of aromatic nitrogens is 1. The summed E-state index contributed by atoms with van der Waals surface area (Å²) < 4.78 is 0. The molecule has 0 unspecified atom stereocenters. The Kier molecular flexibility index (Phi) is 4.62. The lowest BCUT2D eigenvalue weighted by atomic mass is 9.90. The second-order valence-electron chi connectivity index (χ2n) is 5.20. The Morgan fingerprint density at radius 1 is 1.38 bits per heavy atom. The second kappa shape index (κ2) is 6.26. The molecular formula is C13H16ClN3O4. The summed E-state index contributed by atoms with van der Waals surface area (Å²) in [5.74, 6) is -1.05. The number of carboxylic acid groups (broad SMARTS) is 1. The summed E-state index contributed by atoms with van der Waals surface area (Å²) in [6.07, 6.45) is 5.57. The molecule has 1 saturated carbocycles. The van der Waals surface area contributed by atoms with Crippen molar-refractivity contribution < 1.29 is 14.8 Å². The molecule has 0 aliphatic heterocycles. The van der Waals surface area contributed by atoms with Gasteiger partial charge in [-0.05, 0) is 12.8 Å². The van der Waals surface area contributed by atoms with Gasteiger partial charge in [-0.25, -0.2) is 9.78 Å². The minimum atomic E-state index is -1.21.